The summed E-state index contributed by atoms with van der Waals surface area (Å²) in [5.41, 5.74) is 4.93. The largest absolute Gasteiger partial charge is 0.313 e. The zero-order valence-corrected chi connectivity index (χ0v) is 10.9. The summed E-state index contributed by atoms with van der Waals surface area (Å²) in [5.74, 6) is 0. The van der Waals surface area contributed by atoms with E-state index in [-0.39, 0.29) is 5.56 Å². The van der Waals surface area contributed by atoms with Gasteiger partial charge in [-0.2, -0.15) is 0 Å². The Labute approximate surface area is 111 Å². The Kier molecular flexibility index (Phi) is 2.67. The van der Waals surface area contributed by atoms with Crippen LogP contribution in [0.25, 0.3) is 22.0 Å². The first-order valence-electron chi connectivity index (χ1n) is 6.21. The molecular formula is C16H14N2O. The van der Waals surface area contributed by atoms with E-state index in [1.165, 1.54) is 11.9 Å². The molecule has 1 aromatic heterocycles. The average molecular weight is 250 g/mol. The molecule has 0 unspecified atom stereocenters. The van der Waals surface area contributed by atoms with Crippen molar-refractivity contribution in [2.75, 3.05) is 0 Å². The summed E-state index contributed by atoms with van der Waals surface area (Å²) in [4.78, 5) is 19.0. The molecule has 3 heteroatoms. The van der Waals surface area contributed by atoms with Gasteiger partial charge in [0.1, 0.15) is 0 Å². The number of fused-ring (bicyclic) bond motifs is 1. The number of rotatable bonds is 1. The molecule has 0 radical (unpaired) electrons. The van der Waals surface area contributed by atoms with Crippen LogP contribution >= 0.6 is 0 Å². The number of aromatic amines is 1. The summed E-state index contributed by atoms with van der Waals surface area (Å²) in [6.07, 6.45) is 1.44. The first-order valence-corrected chi connectivity index (χ1v) is 6.21. The van der Waals surface area contributed by atoms with Gasteiger partial charge in [-0.1, -0.05) is 35.9 Å². The molecule has 3 aromatic rings. The van der Waals surface area contributed by atoms with Crippen LogP contribution in [0.1, 0.15) is 11.1 Å². The molecule has 2 aromatic carbocycles. The van der Waals surface area contributed by atoms with Gasteiger partial charge in [0.05, 0.1) is 17.2 Å². The maximum absolute atomic E-state index is 12.1. The Morgan fingerprint density at radius 3 is 2.47 bits per heavy atom. The summed E-state index contributed by atoms with van der Waals surface area (Å²) >= 11 is 0. The van der Waals surface area contributed by atoms with Crippen molar-refractivity contribution in [3.63, 3.8) is 0 Å². The maximum Gasteiger partial charge on any atom is 0.259 e. The van der Waals surface area contributed by atoms with Crippen LogP contribution in [0, 0.1) is 13.8 Å². The number of nitrogens with one attached hydrogen (secondary N) is 1. The Hall–Kier alpha value is -2.42. The summed E-state index contributed by atoms with van der Waals surface area (Å²) in [5, 5.41) is 0.659. The smallest absolute Gasteiger partial charge is 0.259 e. The minimum absolute atomic E-state index is 0.0933. The van der Waals surface area contributed by atoms with Crippen molar-refractivity contribution in [3.8, 4) is 11.1 Å². The second-order valence-electron chi connectivity index (χ2n) is 4.75. The minimum atomic E-state index is -0.0933. The third-order valence-electron chi connectivity index (χ3n) is 3.36. The topological polar surface area (TPSA) is 45.8 Å². The lowest BCUT2D eigenvalue weighted by Gasteiger charge is -2.09. The molecule has 0 saturated carbocycles. The van der Waals surface area contributed by atoms with Crippen molar-refractivity contribution >= 4 is 10.9 Å². The van der Waals surface area contributed by atoms with Crippen molar-refractivity contribution in [1.29, 1.82) is 0 Å². The van der Waals surface area contributed by atoms with Gasteiger partial charge in [0, 0.05) is 0 Å². The Balaban J connectivity index is 2.42. The van der Waals surface area contributed by atoms with Gasteiger partial charge in [-0.3, -0.25) is 4.79 Å². The molecule has 0 aliphatic rings. The van der Waals surface area contributed by atoms with E-state index in [1.807, 2.05) is 38.1 Å². The molecule has 0 spiro atoms. The minimum Gasteiger partial charge on any atom is -0.313 e. The van der Waals surface area contributed by atoms with Gasteiger partial charge >= 0.3 is 0 Å². The van der Waals surface area contributed by atoms with Crippen molar-refractivity contribution in [2.45, 2.75) is 13.8 Å². The molecule has 1 N–H and O–H groups in total. The predicted molar refractivity (Wildman–Crippen MR) is 77.3 cm³/mol. The molecule has 0 bridgehead atoms. The van der Waals surface area contributed by atoms with E-state index < -0.39 is 0 Å². The summed E-state index contributed by atoms with van der Waals surface area (Å²) in [7, 11) is 0. The highest BCUT2D eigenvalue weighted by Gasteiger charge is 2.10. The van der Waals surface area contributed by atoms with E-state index in [4.69, 9.17) is 0 Å². The number of aryl methyl sites for hydroxylation is 2. The Morgan fingerprint density at radius 1 is 1.00 bits per heavy atom. The molecule has 0 atom stereocenters. The second-order valence-corrected chi connectivity index (χ2v) is 4.75. The number of benzene rings is 2. The molecular weight excluding hydrogens is 236 g/mol. The summed E-state index contributed by atoms with van der Waals surface area (Å²) in [6, 6.07) is 12.1. The van der Waals surface area contributed by atoms with E-state index in [0.717, 1.165) is 22.2 Å². The number of hydrogen-bond acceptors (Lipinski definition) is 2. The number of nitrogens with zero attached hydrogens (tertiary/aromatic N) is 1. The zero-order valence-electron chi connectivity index (χ0n) is 10.9. The monoisotopic (exact) mass is 250 g/mol. The predicted octanol–water partition coefficient (Wildman–Crippen LogP) is 3.21. The van der Waals surface area contributed by atoms with Crippen LogP contribution in [0.2, 0.25) is 0 Å². The molecule has 1 heterocycles. The molecule has 3 rings (SSSR count). The Bertz CT molecular complexity index is 801. The van der Waals surface area contributed by atoms with E-state index in [2.05, 4.69) is 22.1 Å². The molecule has 94 valence electrons. The number of H-pyrrole nitrogens is 1. The van der Waals surface area contributed by atoms with Crippen LogP contribution < -0.4 is 5.56 Å². The molecule has 19 heavy (non-hydrogen) atoms. The lowest BCUT2D eigenvalue weighted by atomic mass is 9.96. The van der Waals surface area contributed by atoms with E-state index in [9.17, 15) is 4.79 Å². The van der Waals surface area contributed by atoms with Gasteiger partial charge in [0.15, 0.2) is 0 Å². The fraction of sp³-hybridized carbons (Fsp3) is 0.125. The molecule has 0 aliphatic carbocycles. The van der Waals surface area contributed by atoms with Gasteiger partial charge in [-0.25, -0.2) is 4.98 Å². The third-order valence-corrected chi connectivity index (χ3v) is 3.36. The third kappa shape index (κ3) is 1.93. The molecule has 0 saturated heterocycles. The van der Waals surface area contributed by atoms with Crippen LogP contribution in [0.15, 0.2) is 47.5 Å². The Morgan fingerprint density at radius 2 is 1.74 bits per heavy atom. The molecule has 3 nitrogen and oxygen atoms in total. The molecule has 0 aliphatic heterocycles. The first-order chi connectivity index (χ1) is 9.16. The highest BCUT2D eigenvalue weighted by molar-refractivity contribution is 5.95. The summed E-state index contributed by atoms with van der Waals surface area (Å²) in [6.45, 7) is 4.06. The average Bonchev–Trinajstić information content (AvgIpc) is 2.41. The van der Waals surface area contributed by atoms with Crippen LogP contribution in [0.5, 0.6) is 0 Å². The van der Waals surface area contributed by atoms with Gasteiger partial charge < -0.3 is 4.98 Å². The molecule has 0 amide bonds. The van der Waals surface area contributed by atoms with Crippen LogP contribution in [0.4, 0.5) is 0 Å². The van der Waals surface area contributed by atoms with Gasteiger partial charge in [0.2, 0.25) is 0 Å². The molecule has 0 fully saturated rings. The van der Waals surface area contributed by atoms with E-state index >= 15 is 0 Å². The van der Waals surface area contributed by atoms with Crippen molar-refractivity contribution in [2.24, 2.45) is 0 Å². The fourth-order valence-electron chi connectivity index (χ4n) is 2.36. The van der Waals surface area contributed by atoms with Crippen molar-refractivity contribution < 1.29 is 0 Å². The lowest BCUT2D eigenvalue weighted by molar-refractivity contribution is 1.17. The highest BCUT2D eigenvalue weighted by atomic mass is 16.1. The first kappa shape index (κ1) is 11.7. The van der Waals surface area contributed by atoms with E-state index in [0.29, 0.717) is 5.39 Å². The lowest BCUT2D eigenvalue weighted by Crippen LogP contribution is -2.08. The second kappa shape index (κ2) is 4.35. The zero-order chi connectivity index (χ0) is 13.4. The van der Waals surface area contributed by atoms with Crippen molar-refractivity contribution in [3.05, 3.63) is 64.2 Å². The van der Waals surface area contributed by atoms with Gasteiger partial charge in [-0.05, 0) is 36.6 Å². The number of aromatic nitrogens is 2. The maximum atomic E-state index is 12.1. The van der Waals surface area contributed by atoms with Gasteiger partial charge in [-0.15, -0.1) is 0 Å². The number of hydrogen-bond donors (Lipinski definition) is 1. The van der Waals surface area contributed by atoms with Gasteiger partial charge in [0.25, 0.3) is 5.56 Å². The normalized spacial score (nSPS) is 10.8. The highest BCUT2D eigenvalue weighted by Crippen LogP contribution is 2.29. The van der Waals surface area contributed by atoms with E-state index in [1.54, 1.807) is 0 Å². The van der Waals surface area contributed by atoms with Crippen molar-refractivity contribution in [1.82, 2.24) is 9.97 Å². The quantitative estimate of drug-likeness (QED) is 0.720. The fourth-order valence-corrected chi connectivity index (χ4v) is 2.36. The SMILES string of the molecule is Cc1ccc(-c2c(C)ccc3nc[nH]c(=O)c23)cc1. The standard InChI is InChI=1S/C16H14N2O/c1-10-3-6-12(7-4-10)14-11(2)5-8-13-15(14)16(19)18-9-17-13/h3-9H,1-2H3,(H,17,18,19). The van der Waals surface area contributed by atoms with Crippen LogP contribution in [-0.4, -0.2) is 9.97 Å². The van der Waals surface area contributed by atoms with Crippen LogP contribution in [-0.2, 0) is 0 Å². The summed E-state index contributed by atoms with van der Waals surface area (Å²) < 4.78 is 0. The van der Waals surface area contributed by atoms with Crippen LogP contribution in [0.3, 0.4) is 0 Å².